The third kappa shape index (κ3) is 3.79. The topological polar surface area (TPSA) is 50.9 Å². The Morgan fingerprint density at radius 1 is 1.08 bits per heavy atom. The van der Waals surface area contributed by atoms with Gasteiger partial charge in [-0.1, -0.05) is 49.7 Å². The molecular weight excluding hydrogens is 353 g/mol. The number of nitrogens with zero attached hydrogens (tertiary/aromatic N) is 3. The van der Waals surface area contributed by atoms with Crippen molar-refractivity contribution in [2.45, 2.75) is 32.4 Å². The van der Waals surface area contributed by atoms with E-state index in [0.717, 1.165) is 11.1 Å². The van der Waals surface area contributed by atoms with Crippen molar-refractivity contribution in [1.29, 1.82) is 0 Å². The van der Waals surface area contributed by atoms with Crippen LogP contribution in [0.5, 0.6) is 0 Å². The molecule has 1 N–H and O–H groups in total. The summed E-state index contributed by atoms with van der Waals surface area (Å²) in [5.41, 5.74) is -0.128. The first-order chi connectivity index (χ1) is 12.3. The molecule has 2 aromatic carbocycles. The minimum atomic E-state index is -1.24. The van der Waals surface area contributed by atoms with Crippen molar-refractivity contribution in [2.75, 3.05) is 0 Å². The monoisotopic (exact) mass is 373 g/mol. The van der Waals surface area contributed by atoms with E-state index < -0.39 is 11.0 Å². The molecule has 0 aliphatic heterocycles. The minimum absolute atomic E-state index is 0.239. The molecule has 0 saturated heterocycles. The predicted molar refractivity (Wildman–Crippen MR) is 99.3 cm³/mol. The van der Waals surface area contributed by atoms with Gasteiger partial charge in [0.2, 0.25) is 0 Å². The summed E-state index contributed by atoms with van der Waals surface area (Å²) in [5, 5.41) is 16.5. The van der Waals surface area contributed by atoms with Crippen LogP contribution in [0.4, 0.5) is 4.39 Å². The van der Waals surface area contributed by atoms with Gasteiger partial charge in [0.05, 0.1) is 6.54 Å². The molecule has 1 aromatic heterocycles. The van der Waals surface area contributed by atoms with Gasteiger partial charge in [0.15, 0.2) is 0 Å². The highest BCUT2D eigenvalue weighted by Crippen LogP contribution is 2.43. The molecule has 1 atom stereocenters. The van der Waals surface area contributed by atoms with Gasteiger partial charge in [-0.05, 0) is 41.8 Å². The summed E-state index contributed by atoms with van der Waals surface area (Å²) in [6.45, 7) is 4.21. The SMILES string of the molecule is CC(C)(Cc1ccc(F)cc1)C(O)(Cn1cncn1)c1ccc(Cl)cc1. The van der Waals surface area contributed by atoms with E-state index in [1.807, 2.05) is 26.0 Å². The van der Waals surface area contributed by atoms with Crippen LogP contribution in [0.3, 0.4) is 0 Å². The predicted octanol–water partition coefficient (Wildman–Crippen LogP) is 4.23. The summed E-state index contributed by atoms with van der Waals surface area (Å²) in [6.07, 6.45) is 3.57. The Kier molecular flexibility index (Phi) is 5.12. The number of benzene rings is 2. The Bertz CT molecular complexity index is 848. The Balaban J connectivity index is 2.00. The first-order valence-electron chi connectivity index (χ1n) is 8.35. The van der Waals surface area contributed by atoms with Crippen molar-refractivity contribution in [3.63, 3.8) is 0 Å². The highest BCUT2D eigenvalue weighted by Gasteiger charge is 2.45. The van der Waals surface area contributed by atoms with Gasteiger partial charge in [-0.3, -0.25) is 0 Å². The number of aliphatic hydroxyl groups is 1. The average Bonchev–Trinajstić information content (AvgIpc) is 3.10. The highest BCUT2D eigenvalue weighted by molar-refractivity contribution is 6.30. The lowest BCUT2D eigenvalue weighted by molar-refractivity contribution is -0.0895. The van der Waals surface area contributed by atoms with Gasteiger partial charge in [0.25, 0.3) is 0 Å². The Labute approximate surface area is 157 Å². The van der Waals surface area contributed by atoms with Crippen molar-refractivity contribution >= 4 is 11.6 Å². The van der Waals surface area contributed by atoms with Gasteiger partial charge >= 0.3 is 0 Å². The fourth-order valence-electron chi connectivity index (χ4n) is 3.23. The van der Waals surface area contributed by atoms with Crippen LogP contribution in [-0.4, -0.2) is 19.9 Å². The van der Waals surface area contributed by atoms with Gasteiger partial charge < -0.3 is 5.11 Å². The molecule has 0 saturated carbocycles. The smallest absolute Gasteiger partial charge is 0.137 e. The van der Waals surface area contributed by atoms with E-state index in [2.05, 4.69) is 10.1 Å². The molecule has 0 fully saturated rings. The molecule has 1 heterocycles. The molecule has 0 aliphatic rings. The summed E-state index contributed by atoms with van der Waals surface area (Å²) in [5.74, 6) is -0.276. The van der Waals surface area contributed by atoms with E-state index >= 15 is 0 Å². The van der Waals surface area contributed by atoms with Gasteiger partial charge in [-0.2, -0.15) is 5.10 Å². The molecule has 4 nitrogen and oxygen atoms in total. The Morgan fingerprint density at radius 2 is 1.73 bits per heavy atom. The number of aromatic nitrogens is 3. The highest BCUT2D eigenvalue weighted by atomic mass is 35.5. The van der Waals surface area contributed by atoms with Crippen LogP contribution in [0.2, 0.25) is 5.02 Å². The maximum atomic E-state index is 13.2. The first-order valence-corrected chi connectivity index (χ1v) is 8.73. The largest absolute Gasteiger partial charge is 0.383 e. The summed E-state index contributed by atoms with van der Waals surface area (Å²) in [6, 6.07) is 13.5. The van der Waals surface area contributed by atoms with Crippen molar-refractivity contribution in [2.24, 2.45) is 5.41 Å². The van der Waals surface area contributed by atoms with Crippen LogP contribution < -0.4 is 0 Å². The van der Waals surface area contributed by atoms with Crippen LogP contribution in [0.25, 0.3) is 0 Å². The zero-order chi connectivity index (χ0) is 18.8. The molecule has 0 amide bonds. The third-order valence-electron chi connectivity index (χ3n) is 4.86. The summed E-state index contributed by atoms with van der Waals surface area (Å²) < 4.78 is 14.8. The van der Waals surface area contributed by atoms with Gasteiger partial charge in [0.1, 0.15) is 24.1 Å². The molecule has 0 radical (unpaired) electrons. The summed E-state index contributed by atoms with van der Waals surface area (Å²) in [7, 11) is 0. The molecule has 6 heteroatoms. The van der Waals surface area contributed by atoms with E-state index in [1.54, 1.807) is 35.3 Å². The van der Waals surface area contributed by atoms with Crippen LogP contribution in [-0.2, 0) is 18.6 Å². The van der Waals surface area contributed by atoms with E-state index in [4.69, 9.17) is 11.6 Å². The van der Waals surface area contributed by atoms with E-state index in [-0.39, 0.29) is 12.4 Å². The van der Waals surface area contributed by atoms with Crippen LogP contribution in [0.1, 0.15) is 25.0 Å². The number of hydrogen-bond donors (Lipinski definition) is 1. The van der Waals surface area contributed by atoms with Gasteiger partial charge in [-0.15, -0.1) is 0 Å². The lowest BCUT2D eigenvalue weighted by Gasteiger charge is -2.43. The number of hydrogen-bond acceptors (Lipinski definition) is 3. The van der Waals surface area contributed by atoms with E-state index in [1.165, 1.54) is 18.5 Å². The average molecular weight is 374 g/mol. The Hall–Kier alpha value is -2.24. The van der Waals surface area contributed by atoms with Crippen LogP contribution >= 0.6 is 11.6 Å². The zero-order valence-corrected chi connectivity index (χ0v) is 15.5. The number of rotatable bonds is 6. The normalized spacial score (nSPS) is 14.2. The second-order valence-corrected chi connectivity index (χ2v) is 7.58. The molecule has 26 heavy (non-hydrogen) atoms. The van der Waals surface area contributed by atoms with Crippen LogP contribution in [0.15, 0.2) is 61.2 Å². The number of halogens is 2. The first kappa shape index (κ1) is 18.5. The Morgan fingerprint density at radius 3 is 2.31 bits per heavy atom. The van der Waals surface area contributed by atoms with Crippen molar-refractivity contribution < 1.29 is 9.50 Å². The van der Waals surface area contributed by atoms with Crippen molar-refractivity contribution in [3.05, 3.63) is 83.2 Å². The molecule has 1 unspecified atom stereocenters. The molecular formula is C20H21ClFN3O. The van der Waals surface area contributed by atoms with E-state index in [9.17, 15) is 9.50 Å². The lowest BCUT2D eigenvalue weighted by atomic mass is 9.67. The summed E-state index contributed by atoms with van der Waals surface area (Å²) in [4.78, 5) is 3.97. The second-order valence-electron chi connectivity index (χ2n) is 7.15. The second kappa shape index (κ2) is 7.17. The lowest BCUT2D eigenvalue weighted by Crippen LogP contribution is -2.47. The van der Waals surface area contributed by atoms with Gasteiger partial charge in [0, 0.05) is 10.4 Å². The van der Waals surface area contributed by atoms with Gasteiger partial charge in [-0.25, -0.2) is 14.1 Å². The van der Waals surface area contributed by atoms with Crippen LogP contribution in [0, 0.1) is 11.2 Å². The standard InChI is InChI=1S/C20H21ClFN3O/c1-19(2,11-15-3-9-18(22)10-4-15)20(26,12-25-14-23-13-24-25)16-5-7-17(21)8-6-16/h3-10,13-14,26H,11-12H2,1-2H3. The molecule has 0 aliphatic carbocycles. The fourth-order valence-corrected chi connectivity index (χ4v) is 3.36. The summed E-state index contributed by atoms with van der Waals surface area (Å²) >= 11 is 6.02. The maximum absolute atomic E-state index is 13.2. The molecule has 0 bridgehead atoms. The van der Waals surface area contributed by atoms with Crippen molar-refractivity contribution in [1.82, 2.24) is 14.8 Å². The third-order valence-corrected chi connectivity index (χ3v) is 5.11. The minimum Gasteiger partial charge on any atom is -0.383 e. The zero-order valence-electron chi connectivity index (χ0n) is 14.7. The molecule has 3 rings (SSSR count). The van der Waals surface area contributed by atoms with Crippen molar-refractivity contribution in [3.8, 4) is 0 Å². The quantitative estimate of drug-likeness (QED) is 0.703. The molecule has 3 aromatic rings. The maximum Gasteiger partial charge on any atom is 0.137 e. The molecule has 0 spiro atoms. The van der Waals surface area contributed by atoms with E-state index in [0.29, 0.717) is 11.4 Å². The molecule has 136 valence electrons. The fraction of sp³-hybridized carbons (Fsp3) is 0.300.